The third-order valence-corrected chi connectivity index (χ3v) is 5.68. The highest BCUT2D eigenvalue weighted by Gasteiger charge is 2.14. The van der Waals surface area contributed by atoms with Crippen LogP contribution in [0.5, 0.6) is 5.75 Å². The molecule has 0 aliphatic heterocycles. The Labute approximate surface area is 147 Å². The maximum Gasteiger partial charge on any atom is 0.233 e. The van der Waals surface area contributed by atoms with E-state index in [0.717, 1.165) is 21.5 Å². The van der Waals surface area contributed by atoms with E-state index in [1.54, 1.807) is 30.2 Å². The number of methoxy groups -OCH3 is 1. The normalized spacial score (nSPS) is 12.0. The lowest BCUT2D eigenvalue weighted by Gasteiger charge is -2.13. The summed E-state index contributed by atoms with van der Waals surface area (Å²) < 4.78 is 6.37. The monoisotopic (exact) mass is 399 g/mol. The van der Waals surface area contributed by atoms with Gasteiger partial charge in [0.2, 0.25) is 5.91 Å². The van der Waals surface area contributed by atoms with Crippen molar-refractivity contribution in [2.24, 2.45) is 0 Å². The van der Waals surface area contributed by atoms with Gasteiger partial charge in [0, 0.05) is 20.7 Å². The number of halogens is 1. The van der Waals surface area contributed by atoms with E-state index in [-0.39, 0.29) is 11.2 Å². The number of thioether (sulfide) groups is 1. The minimum Gasteiger partial charge on any atom is -0.496 e. The van der Waals surface area contributed by atoms with Gasteiger partial charge in [0.15, 0.2) is 0 Å². The molecule has 0 fully saturated rings. The van der Waals surface area contributed by atoms with Gasteiger partial charge in [0.25, 0.3) is 0 Å². The first-order chi connectivity index (χ1) is 10.6. The number of benzene rings is 1. The molecule has 1 heterocycles. The number of nitrogens with one attached hydrogen (secondary N) is 1. The lowest BCUT2D eigenvalue weighted by atomic mass is 10.2. The molecule has 118 valence electrons. The van der Waals surface area contributed by atoms with E-state index in [2.05, 4.69) is 21.2 Å². The molecule has 0 radical (unpaired) electrons. The summed E-state index contributed by atoms with van der Waals surface area (Å²) in [5, 5.41) is 4.88. The fourth-order valence-electron chi connectivity index (χ4n) is 1.88. The number of amides is 1. The molecule has 1 aromatic carbocycles. The van der Waals surface area contributed by atoms with E-state index in [9.17, 15) is 4.79 Å². The molecule has 0 spiro atoms. The molecular formula is C16H18BrNO2S2. The van der Waals surface area contributed by atoms with Crippen molar-refractivity contribution in [2.75, 3.05) is 7.11 Å². The summed E-state index contributed by atoms with van der Waals surface area (Å²) in [6, 6.07) is 9.92. The highest BCUT2D eigenvalue weighted by atomic mass is 79.9. The Morgan fingerprint density at radius 3 is 2.95 bits per heavy atom. The molecular weight excluding hydrogens is 382 g/mol. The second kappa shape index (κ2) is 8.60. The summed E-state index contributed by atoms with van der Waals surface area (Å²) >= 11 is 6.72. The summed E-state index contributed by atoms with van der Waals surface area (Å²) in [5.41, 5.74) is 1.08. The molecule has 1 atom stereocenters. The first kappa shape index (κ1) is 17.4. The molecule has 22 heavy (non-hydrogen) atoms. The van der Waals surface area contributed by atoms with Gasteiger partial charge in [-0.05, 0) is 36.6 Å². The Morgan fingerprint density at radius 1 is 1.45 bits per heavy atom. The number of rotatable bonds is 7. The van der Waals surface area contributed by atoms with E-state index in [4.69, 9.17) is 4.74 Å². The minimum absolute atomic E-state index is 0.0624. The smallest absolute Gasteiger partial charge is 0.233 e. The van der Waals surface area contributed by atoms with Crippen molar-refractivity contribution in [3.8, 4) is 5.75 Å². The SMILES string of the molecule is COc1ccc(Br)cc1CS[C@H](C)C(=O)NCc1cccs1. The van der Waals surface area contributed by atoms with Crippen LogP contribution in [0.1, 0.15) is 17.4 Å². The van der Waals surface area contributed by atoms with Gasteiger partial charge in [0.05, 0.1) is 18.9 Å². The van der Waals surface area contributed by atoms with Gasteiger partial charge >= 0.3 is 0 Å². The van der Waals surface area contributed by atoms with Crippen LogP contribution < -0.4 is 10.1 Å². The van der Waals surface area contributed by atoms with Gasteiger partial charge in [-0.2, -0.15) is 0 Å². The Balaban J connectivity index is 1.85. The maximum absolute atomic E-state index is 12.1. The summed E-state index contributed by atoms with van der Waals surface area (Å²) in [7, 11) is 1.66. The van der Waals surface area contributed by atoms with E-state index in [1.165, 1.54) is 4.88 Å². The summed E-state index contributed by atoms with van der Waals surface area (Å²) in [6.45, 7) is 2.53. The standard InChI is InChI=1S/C16H18BrNO2S2/c1-11(16(19)18-9-14-4-3-7-21-14)22-10-12-8-13(17)5-6-15(12)20-2/h3-8,11H,9-10H2,1-2H3,(H,18,19)/t11-/m1/s1. The highest BCUT2D eigenvalue weighted by molar-refractivity contribution is 9.10. The van der Waals surface area contributed by atoms with Gasteiger partial charge in [-0.15, -0.1) is 23.1 Å². The fraction of sp³-hybridized carbons (Fsp3) is 0.312. The van der Waals surface area contributed by atoms with Crippen LogP contribution in [-0.2, 0) is 17.1 Å². The van der Waals surface area contributed by atoms with Crippen LogP contribution in [0, 0.1) is 0 Å². The van der Waals surface area contributed by atoms with Crippen molar-refractivity contribution in [1.29, 1.82) is 0 Å². The number of hydrogen-bond donors (Lipinski definition) is 1. The Hall–Kier alpha value is -0.980. The van der Waals surface area contributed by atoms with Crippen LogP contribution in [0.3, 0.4) is 0 Å². The lowest BCUT2D eigenvalue weighted by molar-refractivity contribution is -0.120. The van der Waals surface area contributed by atoms with Gasteiger partial charge in [-0.3, -0.25) is 4.79 Å². The van der Waals surface area contributed by atoms with Crippen molar-refractivity contribution < 1.29 is 9.53 Å². The molecule has 1 amide bonds. The Morgan fingerprint density at radius 2 is 2.27 bits per heavy atom. The van der Waals surface area contributed by atoms with Crippen molar-refractivity contribution in [1.82, 2.24) is 5.32 Å². The average molecular weight is 400 g/mol. The fourth-order valence-corrected chi connectivity index (χ4v) is 3.82. The number of carbonyl (C=O) groups excluding carboxylic acids is 1. The molecule has 0 unspecified atom stereocenters. The molecule has 0 bridgehead atoms. The molecule has 1 N–H and O–H groups in total. The van der Waals surface area contributed by atoms with Gasteiger partial charge < -0.3 is 10.1 Å². The second-order valence-corrected chi connectivity index (χ2v) is 7.98. The van der Waals surface area contributed by atoms with Crippen LogP contribution in [0.15, 0.2) is 40.2 Å². The minimum atomic E-state index is -0.108. The second-order valence-electron chi connectivity index (χ2n) is 4.71. The molecule has 0 aliphatic rings. The van der Waals surface area contributed by atoms with E-state index in [0.29, 0.717) is 6.54 Å². The summed E-state index contributed by atoms with van der Waals surface area (Å²) in [4.78, 5) is 13.3. The van der Waals surface area contributed by atoms with Crippen molar-refractivity contribution >= 4 is 44.9 Å². The van der Waals surface area contributed by atoms with Crippen molar-refractivity contribution in [3.63, 3.8) is 0 Å². The molecule has 2 aromatic rings. The van der Waals surface area contributed by atoms with Crippen LogP contribution in [0.4, 0.5) is 0 Å². The molecule has 6 heteroatoms. The first-order valence-electron chi connectivity index (χ1n) is 6.84. The summed E-state index contributed by atoms with van der Waals surface area (Å²) in [5.74, 6) is 1.64. The number of carbonyl (C=O) groups is 1. The van der Waals surface area contributed by atoms with Crippen molar-refractivity contribution in [2.45, 2.75) is 24.5 Å². The molecule has 3 nitrogen and oxygen atoms in total. The van der Waals surface area contributed by atoms with Crippen LogP contribution >= 0.6 is 39.0 Å². The van der Waals surface area contributed by atoms with Gasteiger partial charge in [0.1, 0.15) is 5.75 Å². The molecule has 2 rings (SSSR count). The van der Waals surface area contributed by atoms with Crippen LogP contribution in [0.2, 0.25) is 0 Å². The van der Waals surface area contributed by atoms with Crippen LogP contribution in [-0.4, -0.2) is 18.3 Å². The molecule has 0 aliphatic carbocycles. The first-order valence-corrected chi connectivity index (χ1v) is 9.56. The Bertz CT molecular complexity index is 617. The third-order valence-electron chi connectivity index (χ3n) is 3.12. The van der Waals surface area contributed by atoms with E-state index < -0.39 is 0 Å². The Kier molecular flexibility index (Phi) is 6.79. The van der Waals surface area contributed by atoms with Crippen LogP contribution in [0.25, 0.3) is 0 Å². The largest absolute Gasteiger partial charge is 0.496 e. The van der Waals surface area contributed by atoms with Crippen molar-refractivity contribution in [3.05, 3.63) is 50.6 Å². The number of ether oxygens (including phenoxy) is 1. The molecule has 0 saturated heterocycles. The highest BCUT2D eigenvalue weighted by Crippen LogP contribution is 2.28. The van der Waals surface area contributed by atoms with E-state index >= 15 is 0 Å². The lowest BCUT2D eigenvalue weighted by Crippen LogP contribution is -2.30. The van der Waals surface area contributed by atoms with E-state index in [1.807, 2.05) is 42.6 Å². The quantitative estimate of drug-likeness (QED) is 0.746. The number of thiophene rings is 1. The summed E-state index contributed by atoms with van der Waals surface area (Å²) in [6.07, 6.45) is 0. The zero-order valence-corrected chi connectivity index (χ0v) is 15.7. The predicted molar refractivity (Wildman–Crippen MR) is 97.6 cm³/mol. The molecule has 1 aromatic heterocycles. The zero-order valence-electron chi connectivity index (χ0n) is 12.5. The topological polar surface area (TPSA) is 38.3 Å². The average Bonchev–Trinajstić information content (AvgIpc) is 3.03. The molecule has 0 saturated carbocycles. The predicted octanol–water partition coefficient (Wildman–Crippen LogP) is 4.46. The van der Waals surface area contributed by atoms with Gasteiger partial charge in [-0.1, -0.05) is 22.0 Å². The van der Waals surface area contributed by atoms with Gasteiger partial charge in [-0.25, -0.2) is 0 Å². The zero-order chi connectivity index (χ0) is 15.9. The third kappa shape index (κ3) is 5.04. The maximum atomic E-state index is 12.1. The number of hydrogen-bond acceptors (Lipinski definition) is 4.